The minimum absolute atomic E-state index is 0.227. The standard InChI is InChI=1S/C33H33ClO3Si/c1-36-32(35)23-22-31(25-10-6-4-7-11-25)33(27-16-20-30(21-17-27)38(2,3)24-34)26-14-18-29(19-15-26)37-28-12-8-5-9-13-28/h4-21H,22-24H2,1-3H3/b33-31-. The molecule has 0 aromatic heterocycles. The van der Waals surface area contributed by atoms with Gasteiger partial charge in [0.1, 0.15) is 11.5 Å². The van der Waals surface area contributed by atoms with E-state index in [1.807, 2.05) is 60.7 Å². The second-order valence-corrected chi connectivity index (χ2v) is 15.2. The number of rotatable bonds is 10. The average Bonchev–Trinajstić information content (AvgIpc) is 2.97. The van der Waals surface area contributed by atoms with Gasteiger partial charge in [0.15, 0.2) is 0 Å². The molecule has 0 spiro atoms. The fourth-order valence-corrected chi connectivity index (χ4v) is 6.06. The van der Waals surface area contributed by atoms with Gasteiger partial charge >= 0.3 is 5.97 Å². The number of halogens is 1. The largest absolute Gasteiger partial charge is 0.469 e. The van der Waals surface area contributed by atoms with Crippen molar-refractivity contribution < 1.29 is 14.3 Å². The van der Waals surface area contributed by atoms with E-state index in [2.05, 4.69) is 61.6 Å². The van der Waals surface area contributed by atoms with Crippen LogP contribution in [0.1, 0.15) is 29.5 Å². The molecule has 0 amide bonds. The summed E-state index contributed by atoms with van der Waals surface area (Å²) in [5.41, 5.74) is 6.07. The molecule has 0 N–H and O–H groups in total. The molecule has 0 aliphatic heterocycles. The Balaban J connectivity index is 1.83. The molecule has 3 nitrogen and oxygen atoms in total. The van der Waals surface area contributed by atoms with E-state index in [9.17, 15) is 4.79 Å². The molecule has 0 bridgehead atoms. The van der Waals surface area contributed by atoms with Gasteiger partial charge < -0.3 is 9.47 Å². The summed E-state index contributed by atoms with van der Waals surface area (Å²) >= 11 is 6.31. The van der Waals surface area contributed by atoms with Crippen LogP contribution in [0.2, 0.25) is 13.1 Å². The molecule has 4 rings (SSSR count). The predicted molar refractivity (Wildman–Crippen MR) is 161 cm³/mol. The second kappa shape index (κ2) is 12.8. The third kappa shape index (κ3) is 6.83. The first-order chi connectivity index (χ1) is 18.4. The number of allylic oxidation sites excluding steroid dienone is 1. The Kier molecular flexibility index (Phi) is 9.22. The highest BCUT2D eigenvalue weighted by molar-refractivity contribution is 6.94. The Labute approximate surface area is 231 Å². The summed E-state index contributed by atoms with van der Waals surface area (Å²) in [7, 11) is -0.257. The summed E-state index contributed by atoms with van der Waals surface area (Å²) in [6, 6.07) is 36.9. The molecule has 0 aliphatic carbocycles. The Morgan fingerprint density at radius 1 is 0.684 bits per heavy atom. The third-order valence-electron chi connectivity index (χ3n) is 6.64. The number of para-hydroxylation sites is 1. The summed E-state index contributed by atoms with van der Waals surface area (Å²) in [5, 5.41) is 1.32. The lowest BCUT2D eigenvalue weighted by Gasteiger charge is -2.21. The minimum atomic E-state index is -1.69. The highest BCUT2D eigenvalue weighted by atomic mass is 35.5. The average molecular weight is 541 g/mol. The zero-order valence-electron chi connectivity index (χ0n) is 22.1. The second-order valence-electron chi connectivity index (χ2n) is 9.83. The lowest BCUT2D eigenvalue weighted by Crippen LogP contribution is -2.43. The zero-order chi connectivity index (χ0) is 27.0. The lowest BCUT2D eigenvalue weighted by atomic mass is 9.87. The molecule has 0 unspecified atom stereocenters. The van der Waals surface area contributed by atoms with Gasteiger partial charge in [0.25, 0.3) is 0 Å². The van der Waals surface area contributed by atoms with E-state index in [1.54, 1.807) is 0 Å². The smallest absolute Gasteiger partial charge is 0.305 e. The monoisotopic (exact) mass is 540 g/mol. The molecule has 5 heteroatoms. The van der Waals surface area contributed by atoms with Crippen molar-refractivity contribution in [2.45, 2.75) is 25.9 Å². The maximum absolute atomic E-state index is 12.2. The molecule has 0 atom stereocenters. The Bertz CT molecular complexity index is 1360. The van der Waals surface area contributed by atoms with Crippen molar-refractivity contribution in [2.24, 2.45) is 0 Å². The van der Waals surface area contributed by atoms with Gasteiger partial charge in [-0.15, -0.1) is 11.6 Å². The summed E-state index contributed by atoms with van der Waals surface area (Å²) in [6.07, 6.45) is 0.849. The van der Waals surface area contributed by atoms with Crippen molar-refractivity contribution in [2.75, 3.05) is 12.6 Å². The summed E-state index contributed by atoms with van der Waals surface area (Å²) < 4.78 is 11.0. The summed E-state index contributed by atoms with van der Waals surface area (Å²) in [5.74, 6) is 1.33. The van der Waals surface area contributed by atoms with Crippen LogP contribution in [0.25, 0.3) is 11.1 Å². The van der Waals surface area contributed by atoms with Crippen molar-refractivity contribution in [1.82, 2.24) is 0 Å². The highest BCUT2D eigenvalue weighted by Crippen LogP contribution is 2.36. The molecule has 38 heavy (non-hydrogen) atoms. The lowest BCUT2D eigenvalue weighted by molar-refractivity contribution is -0.140. The van der Waals surface area contributed by atoms with Crippen molar-refractivity contribution >= 4 is 42.0 Å². The number of methoxy groups -OCH3 is 1. The number of carbonyl (C=O) groups excluding carboxylic acids is 1. The highest BCUT2D eigenvalue weighted by Gasteiger charge is 2.23. The van der Waals surface area contributed by atoms with Gasteiger partial charge in [0, 0.05) is 11.9 Å². The first-order valence-corrected chi connectivity index (χ1v) is 16.5. The molecule has 0 saturated carbocycles. The van der Waals surface area contributed by atoms with E-state index >= 15 is 0 Å². The van der Waals surface area contributed by atoms with E-state index in [4.69, 9.17) is 21.1 Å². The van der Waals surface area contributed by atoms with Crippen LogP contribution in [0.3, 0.4) is 0 Å². The van der Waals surface area contributed by atoms with E-state index in [0.717, 1.165) is 39.3 Å². The predicted octanol–water partition coefficient (Wildman–Crippen LogP) is 8.08. The number of benzene rings is 4. The van der Waals surface area contributed by atoms with E-state index in [0.29, 0.717) is 18.3 Å². The molecular weight excluding hydrogens is 508 g/mol. The van der Waals surface area contributed by atoms with Gasteiger partial charge in [-0.1, -0.05) is 103 Å². The first-order valence-electron chi connectivity index (χ1n) is 12.8. The molecule has 0 heterocycles. The van der Waals surface area contributed by atoms with Crippen LogP contribution in [-0.4, -0.2) is 26.7 Å². The summed E-state index contributed by atoms with van der Waals surface area (Å²) in [6.45, 7) is 4.56. The molecular formula is C33H33ClO3Si. The normalized spacial score (nSPS) is 12.0. The van der Waals surface area contributed by atoms with Crippen LogP contribution in [0, 0.1) is 0 Å². The van der Waals surface area contributed by atoms with Crippen LogP contribution in [0.5, 0.6) is 11.5 Å². The first kappa shape index (κ1) is 27.4. The van der Waals surface area contributed by atoms with Crippen LogP contribution in [-0.2, 0) is 9.53 Å². The van der Waals surface area contributed by atoms with Crippen LogP contribution in [0.4, 0.5) is 0 Å². The van der Waals surface area contributed by atoms with Gasteiger partial charge in [-0.2, -0.15) is 0 Å². The van der Waals surface area contributed by atoms with Crippen molar-refractivity contribution in [1.29, 1.82) is 0 Å². The number of ether oxygens (including phenoxy) is 2. The van der Waals surface area contributed by atoms with Crippen molar-refractivity contribution in [3.05, 3.63) is 126 Å². The molecule has 0 radical (unpaired) electrons. The third-order valence-corrected chi connectivity index (χ3v) is 11.2. The summed E-state index contributed by atoms with van der Waals surface area (Å²) in [4.78, 5) is 12.2. The quantitative estimate of drug-likeness (QED) is 0.0882. The van der Waals surface area contributed by atoms with E-state index in [-0.39, 0.29) is 5.97 Å². The fourth-order valence-electron chi connectivity index (χ4n) is 4.38. The topological polar surface area (TPSA) is 35.5 Å². The Morgan fingerprint density at radius 2 is 1.21 bits per heavy atom. The van der Waals surface area contributed by atoms with Crippen molar-refractivity contribution in [3.63, 3.8) is 0 Å². The fraction of sp³-hybridized carbons (Fsp3) is 0.182. The van der Waals surface area contributed by atoms with Gasteiger partial charge in [0.2, 0.25) is 0 Å². The molecule has 194 valence electrons. The maximum atomic E-state index is 12.2. The van der Waals surface area contributed by atoms with E-state index in [1.165, 1.54) is 12.3 Å². The number of hydrogen-bond acceptors (Lipinski definition) is 3. The molecule has 4 aromatic rings. The SMILES string of the molecule is COC(=O)CC/C(=C(\c1ccc(Oc2ccccc2)cc1)c1ccc([Si](C)(C)CCl)cc1)c1ccccc1. The van der Waals surface area contributed by atoms with Gasteiger partial charge in [-0.3, -0.25) is 4.79 Å². The number of alkyl halides is 1. The molecule has 0 saturated heterocycles. The van der Waals surface area contributed by atoms with Crippen LogP contribution in [0.15, 0.2) is 109 Å². The Hall–Kier alpha value is -3.60. The zero-order valence-corrected chi connectivity index (χ0v) is 23.9. The minimum Gasteiger partial charge on any atom is -0.469 e. The van der Waals surface area contributed by atoms with Crippen LogP contribution < -0.4 is 9.92 Å². The number of esters is 1. The van der Waals surface area contributed by atoms with Crippen LogP contribution >= 0.6 is 11.6 Å². The van der Waals surface area contributed by atoms with Gasteiger partial charge in [-0.05, 0) is 58.5 Å². The maximum Gasteiger partial charge on any atom is 0.305 e. The number of carbonyl (C=O) groups is 1. The Morgan fingerprint density at radius 3 is 1.76 bits per heavy atom. The number of hydrogen-bond donors (Lipinski definition) is 0. The molecule has 4 aromatic carbocycles. The van der Waals surface area contributed by atoms with Gasteiger partial charge in [-0.25, -0.2) is 0 Å². The van der Waals surface area contributed by atoms with Gasteiger partial charge in [0.05, 0.1) is 15.2 Å². The van der Waals surface area contributed by atoms with Crippen molar-refractivity contribution in [3.8, 4) is 11.5 Å². The molecule has 0 aliphatic rings. The van der Waals surface area contributed by atoms with E-state index < -0.39 is 8.07 Å². The molecule has 0 fully saturated rings.